The number of piperidine rings is 1. The predicted molar refractivity (Wildman–Crippen MR) is 111 cm³/mol. The summed E-state index contributed by atoms with van der Waals surface area (Å²) in [6.45, 7) is 7.44. The van der Waals surface area contributed by atoms with Crippen molar-refractivity contribution < 1.29 is 4.79 Å². The lowest BCUT2D eigenvalue weighted by Gasteiger charge is -2.40. The number of amides is 1. The number of anilines is 1. The third-order valence-electron chi connectivity index (χ3n) is 6.23. The maximum absolute atomic E-state index is 13.3. The van der Waals surface area contributed by atoms with E-state index in [1.807, 2.05) is 30.4 Å². The number of hydrogen-bond donors (Lipinski definition) is 1. The molecule has 2 aromatic rings. The predicted octanol–water partition coefficient (Wildman–Crippen LogP) is 1.68. The van der Waals surface area contributed by atoms with Gasteiger partial charge in [0.2, 0.25) is 11.9 Å². The van der Waals surface area contributed by atoms with Crippen LogP contribution in [-0.2, 0) is 31.4 Å². The topological polar surface area (TPSA) is 79.2 Å². The first-order valence-electron chi connectivity index (χ1n) is 10.5. The summed E-state index contributed by atoms with van der Waals surface area (Å²) in [6.07, 6.45) is 5.56. The first kappa shape index (κ1) is 19.8. The average Bonchev–Trinajstić information content (AvgIpc) is 3.10. The summed E-state index contributed by atoms with van der Waals surface area (Å²) in [5.41, 5.74) is 3.03. The minimum Gasteiger partial charge on any atom is -0.348 e. The molecule has 2 aromatic heterocycles. The molecule has 1 N–H and O–H groups in total. The fraction of sp³-hybridized carbons (Fsp3) is 0.619. The molecule has 8 heteroatoms. The summed E-state index contributed by atoms with van der Waals surface area (Å²) < 4.78 is 1.78. The van der Waals surface area contributed by atoms with Crippen LogP contribution in [0.5, 0.6) is 0 Å². The Morgan fingerprint density at radius 2 is 2.14 bits per heavy atom. The van der Waals surface area contributed by atoms with Crippen molar-refractivity contribution in [3.05, 3.63) is 35.4 Å². The van der Waals surface area contributed by atoms with Gasteiger partial charge in [-0.1, -0.05) is 6.92 Å². The lowest BCUT2D eigenvalue weighted by molar-refractivity contribution is -0.142. The van der Waals surface area contributed by atoms with Gasteiger partial charge in [-0.05, 0) is 50.9 Å². The van der Waals surface area contributed by atoms with Gasteiger partial charge in [0.15, 0.2) is 0 Å². The molecule has 1 fully saturated rings. The number of hydrogen-bond acceptors (Lipinski definition) is 6. The number of aromatic nitrogens is 4. The fourth-order valence-corrected chi connectivity index (χ4v) is 4.54. The Bertz CT molecular complexity index is 880. The number of nitrogens with zero attached hydrogens (tertiary/aromatic N) is 6. The van der Waals surface area contributed by atoms with Gasteiger partial charge in [0.25, 0.3) is 0 Å². The number of carbonyl (C=O) groups excluding carboxylic acids is 1. The van der Waals surface area contributed by atoms with Gasteiger partial charge in [-0.15, -0.1) is 0 Å². The molecule has 0 saturated carbocycles. The van der Waals surface area contributed by atoms with E-state index in [1.54, 1.807) is 4.68 Å². The molecule has 3 atom stereocenters. The molecule has 4 rings (SSSR count). The van der Waals surface area contributed by atoms with E-state index >= 15 is 0 Å². The second kappa shape index (κ2) is 8.10. The Kier molecular flexibility index (Phi) is 5.54. The highest BCUT2D eigenvalue weighted by Gasteiger charge is 2.36. The van der Waals surface area contributed by atoms with Crippen LogP contribution in [0.2, 0.25) is 0 Å². The largest absolute Gasteiger partial charge is 0.348 e. The van der Waals surface area contributed by atoms with E-state index in [1.165, 1.54) is 0 Å². The second-order valence-corrected chi connectivity index (χ2v) is 8.65. The highest BCUT2D eigenvalue weighted by Crippen LogP contribution is 2.29. The molecule has 4 heterocycles. The Hall–Kier alpha value is -2.48. The molecule has 0 unspecified atom stereocenters. The number of fused-ring (bicyclic) bond motifs is 1. The van der Waals surface area contributed by atoms with E-state index in [9.17, 15) is 4.79 Å². The zero-order valence-electron chi connectivity index (χ0n) is 17.8. The molecule has 2 aliphatic heterocycles. The highest BCUT2D eigenvalue weighted by molar-refractivity contribution is 5.80. The smallest absolute Gasteiger partial charge is 0.226 e. The minimum atomic E-state index is 0.110. The van der Waals surface area contributed by atoms with Crippen molar-refractivity contribution >= 4 is 11.9 Å². The Morgan fingerprint density at radius 3 is 2.86 bits per heavy atom. The standard InChI is InChI=1S/C21H31N7O/c1-14-12-26(3)7-6-18(14)20(29)28-13-19-16(9-15(28)2)10-22-21(24-19)23-11-17-5-8-27(4)25-17/h5,8,10,14-15,18H,6-7,9,11-13H2,1-4H3,(H,22,23,24)/t14-,15-,18-/m1/s1. The second-order valence-electron chi connectivity index (χ2n) is 8.65. The van der Waals surface area contributed by atoms with E-state index in [4.69, 9.17) is 4.98 Å². The maximum Gasteiger partial charge on any atom is 0.226 e. The van der Waals surface area contributed by atoms with Gasteiger partial charge in [0, 0.05) is 37.9 Å². The van der Waals surface area contributed by atoms with Crippen LogP contribution in [0.15, 0.2) is 18.5 Å². The number of likely N-dealkylation sites (tertiary alicyclic amines) is 1. The molecule has 0 aromatic carbocycles. The Labute approximate surface area is 172 Å². The van der Waals surface area contributed by atoms with Crippen LogP contribution in [0, 0.1) is 11.8 Å². The lowest BCUT2D eigenvalue weighted by Crippen LogP contribution is -2.50. The van der Waals surface area contributed by atoms with Crippen molar-refractivity contribution in [3.63, 3.8) is 0 Å². The molecule has 156 valence electrons. The first-order chi connectivity index (χ1) is 13.9. The van der Waals surface area contributed by atoms with Crippen LogP contribution in [0.4, 0.5) is 5.95 Å². The van der Waals surface area contributed by atoms with Crippen LogP contribution in [0.25, 0.3) is 0 Å². The van der Waals surface area contributed by atoms with Gasteiger partial charge < -0.3 is 15.1 Å². The molecule has 0 spiro atoms. The highest BCUT2D eigenvalue weighted by atomic mass is 16.2. The van der Waals surface area contributed by atoms with E-state index in [2.05, 4.69) is 41.2 Å². The average molecular weight is 398 g/mol. The number of carbonyl (C=O) groups is 1. The molecule has 1 saturated heterocycles. The maximum atomic E-state index is 13.3. The third-order valence-corrected chi connectivity index (χ3v) is 6.23. The normalized spacial score (nSPS) is 25.0. The molecular formula is C21H31N7O. The van der Waals surface area contributed by atoms with Crippen LogP contribution in [-0.4, -0.2) is 61.6 Å². The van der Waals surface area contributed by atoms with Crippen molar-refractivity contribution in [2.75, 3.05) is 25.5 Å². The Morgan fingerprint density at radius 1 is 1.31 bits per heavy atom. The monoisotopic (exact) mass is 397 g/mol. The van der Waals surface area contributed by atoms with Crippen LogP contribution >= 0.6 is 0 Å². The van der Waals surface area contributed by atoms with Crippen molar-refractivity contribution in [1.82, 2.24) is 29.5 Å². The molecule has 8 nitrogen and oxygen atoms in total. The van der Waals surface area contributed by atoms with Gasteiger partial charge >= 0.3 is 0 Å². The molecule has 0 bridgehead atoms. The number of rotatable bonds is 4. The summed E-state index contributed by atoms with van der Waals surface area (Å²) in [6, 6.07) is 2.15. The first-order valence-corrected chi connectivity index (χ1v) is 10.5. The molecule has 0 aliphatic carbocycles. The van der Waals surface area contributed by atoms with Gasteiger partial charge in [0.1, 0.15) is 0 Å². The van der Waals surface area contributed by atoms with Crippen molar-refractivity contribution in [2.24, 2.45) is 18.9 Å². The molecule has 2 aliphatic rings. The minimum absolute atomic E-state index is 0.110. The van der Waals surface area contributed by atoms with Crippen molar-refractivity contribution in [1.29, 1.82) is 0 Å². The van der Waals surface area contributed by atoms with Crippen LogP contribution in [0.3, 0.4) is 0 Å². The van der Waals surface area contributed by atoms with E-state index in [0.29, 0.717) is 25.0 Å². The summed E-state index contributed by atoms with van der Waals surface area (Å²) in [5, 5.41) is 7.61. The summed E-state index contributed by atoms with van der Waals surface area (Å²) in [4.78, 5) is 26.9. The zero-order chi connectivity index (χ0) is 20.5. The van der Waals surface area contributed by atoms with Gasteiger partial charge in [-0.3, -0.25) is 9.48 Å². The van der Waals surface area contributed by atoms with Gasteiger partial charge in [-0.2, -0.15) is 5.10 Å². The van der Waals surface area contributed by atoms with Gasteiger partial charge in [-0.25, -0.2) is 9.97 Å². The van der Waals surface area contributed by atoms with Gasteiger partial charge in [0.05, 0.1) is 24.5 Å². The number of aryl methyl sites for hydroxylation is 1. The Balaban J connectivity index is 1.45. The lowest BCUT2D eigenvalue weighted by atomic mass is 9.85. The van der Waals surface area contributed by atoms with Crippen LogP contribution in [0.1, 0.15) is 37.2 Å². The van der Waals surface area contributed by atoms with E-state index in [0.717, 1.165) is 42.9 Å². The third kappa shape index (κ3) is 4.27. The quantitative estimate of drug-likeness (QED) is 0.846. The molecule has 29 heavy (non-hydrogen) atoms. The summed E-state index contributed by atoms with van der Waals surface area (Å²) in [7, 11) is 4.03. The molecular weight excluding hydrogens is 366 g/mol. The van der Waals surface area contributed by atoms with E-state index < -0.39 is 0 Å². The SMILES string of the molecule is C[C@@H]1CN(C)CC[C@H]1C(=O)N1Cc2nc(NCc3ccn(C)n3)ncc2C[C@H]1C. The van der Waals surface area contributed by atoms with Crippen molar-refractivity contribution in [3.8, 4) is 0 Å². The van der Waals surface area contributed by atoms with Crippen molar-refractivity contribution in [2.45, 2.75) is 45.8 Å². The molecule has 0 radical (unpaired) electrons. The van der Waals surface area contributed by atoms with Crippen LogP contribution < -0.4 is 5.32 Å². The number of nitrogens with one attached hydrogen (secondary N) is 1. The van der Waals surface area contributed by atoms with E-state index in [-0.39, 0.29) is 17.9 Å². The zero-order valence-corrected chi connectivity index (χ0v) is 17.8. The molecule has 1 amide bonds. The summed E-state index contributed by atoms with van der Waals surface area (Å²) in [5.74, 6) is 1.36. The summed E-state index contributed by atoms with van der Waals surface area (Å²) >= 11 is 0. The fourth-order valence-electron chi connectivity index (χ4n) is 4.54.